The van der Waals surface area contributed by atoms with E-state index in [1.54, 1.807) is 0 Å². The van der Waals surface area contributed by atoms with Gasteiger partial charge in [0.25, 0.3) is 0 Å². The Morgan fingerprint density at radius 3 is 1.68 bits per heavy atom. The molecule has 4 nitrogen and oxygen atoms in total. The molecule has 1 aliphatic heterocycles. The molecule has 0 radical (unpaired) electrons. The molecule has 0 fully saturated rings. The number of nitrogens with zero attached hydrogens (tertiary/aromatic N) is 4. The van der Waals surface area contributed by atoms with Gasteiger partial charge in [-0.15, -0.1) is 0 Å². The van der Waals surface area contributed by atoms with Crippen molar-refractivity contribution in [2.75, 3.05) is 4.90 Å². The molecule has 0 N–H and O–H groups in total. The summed E-state index contributed by atoms with van der Waals surface area (Å²) in [6.45, 7) is 4.71. The van der Waals surface area contributed by atoms with Crippen LogP contribution in [0.15, 0.2) is 182 Å². The Bertz CT molecular complexity index is 2730. The van der Waals surface area contributed by atoms with Crippen LogP contribution in [0.5, 0.6) is 0 Å². The van der Waals surface area contributed by atoms with Crippen LogP contribution >= 0.6 is 0 Å². The number of para-hydroxylation sites is 3. The number of benzene rings is 7. The number of anilines is 3. The third kappa shape index (κ3) is 5.06. The first kappa shape index (κ1) is 31.0. The van der Waals surface area contributed by atoms with Crippen LogP contribution in [-0.4, -0.2) is 14.5 Å². The highest BCUT2D eigenvalue weighted by Gasteiger charge is 2.37. The van der Waals surface area contributed by atoms with Crippen LogP contribution in [0.4, 0.5) is 17.1 Å². The van der Waals surface area contributed by atoms with Gasteiger partial charge in [0.1, 0.15) is 0 Å². The van der Waals surface area contributed by atoms with E-state index in [1.165, 1.54) is 44.3 Å². The second-order valence-electron chi connectivity index (χ2n) is 14.3. The van der Waals surface area contributed by atoms with E-state index in [2.05, 4.69) is 193 Å². The average Bonchev–Trinajstić information content (AvgIpc) is 3.55. The predicted octanol–water partition coefficient (Wildman–Crippen LogP) is 12.7. The van der Waals surface area contributed by atoms with E-state index in [-0.39, 0.29) is 5.41 Å². The maximum Gasteiger partial charge on any atom is 0.160 e. The molecule has 10 rings (SSSR count). The van der Waals surface area contributed by atoms with E-state index < -0.39 is 0 Å². The number of fused-ring (bicyclic) bond motifs is 5. The van der Waals surface area contributed by atoms with Crippen molar-refractivity contribution >= 4 is 38.9 Å². The minimum absolute atomic E-state index is 0.214. The molecule has 53 heavy (non-hydrogen) atoms. The predicted molar refractivity (Wildman–Crippen MR) is 219 cm³/mol. The summed E-state index contributed by atoms with van der Waals surface area (Å²) in [6.07, 6.45) is 0. The van der Waals surface area contributed by atoms with Crippen molar-refractivity contribution in [1.29, 1.82) is 0 Å². The number of aromatic nitrogens is 3. The molecule has 4 heteroatoms. The van der Waals surface area contributed by atoms with E-state index in [0.29, 0.717) is 5.82 Å². The fraction of sp³-hybridized carbons (Fsp3) is 0.0612. The van der Waals surface area contributed by atoms with Crippen molar-refractivity contribution in [2.45, 2.75) is 19.3 Å². The molecule has 0 bridgehead atoms. The van der Waals surface area contributed by atoms with Crippen molar-refractivity contribution in [3.63, 3.8) is 0 Å². The van der Waals surface area contributed by atoms with E-state index >= 15 is 0 Å². The van der Waals surface area contributed by atoms with Gasteiger partial charge in [0.2, 0.25) is 0 Å². The summed E-state index contributed by atoms with van der Waals surface area (Å²) in [5, 5.41) is 2.45. The Morgan fingerprint density at radius 1 is 0.415 bits per heavy atom. The fourth-order valence-electron chi connectivity index (χ4n) is 8.14. The average molecular weight is 681 g/mol. The van der Waals surface area contributed by atoms with Crippen LogP contribution in [0.1, 0.15) is 25.0 Å². The molecule has 0 saturated heterocycles. The summed E-state index contributed by atoms with van der Waals surface area (Å²) < 4.78 is 2.41. The topological polar surface area (TPSA) is 34.0 Å². The van der Waals surface area contributed by atoms with Crippen LogP contribution in [0.2, 0.25) is 0 Å². The highest BCUT2D eigenvalue weighted by Crippen LogP contribution is 2.53. The second kappa shape index (κ2) is 12.2. The Labute approximate surface area is 309 Å². The van der Waals surface area contributed by atoms with Gasteiger partial charge in [-0.1, -0.05) is 129 Å². The maximum absolute atomic E-state index is 5.08. The molecule has 0 atom stereocenters. The molecule has 0 unspecified atom stereocenters. The minimum Gasteiger partial charge on any atom is -0.310 e. The molecule has 252 valence electrons. The monoisotopic (exact) mass is 680 g/mol. The zero-order valence-electron chi connectivity index (χ0n) is 29.6. The summed E-state index contributed by atoms with van der Waals surface area (Å²) in [7, 11) is 0. The zero-order chi connectivity index (χ0) is 35.5. The Balaban J connectivity index is 1.15. The van der Waals surface area contributed by atoms with Crippen molar-refractivity contribution in [3.05, 3.63) is 193 Å². The summed E-state index contributed by atoms with van der Waals surface area (Å²) in [4.78, 5) is 12.6. The molecule has 0 spiro atoms. The number of hydrogen-bond donors (Lipinski definition) is 0. The van der Waals surface area contributed by atoms with Crippen LogP contribution in [-0.2, 0) is 5.41 Å². The zero-order valence-corrected chi connectivity index (χ0v) is 29.6. The fourth-order valence-corrected chi connectivity index (χ4v) is 8.14. The lowest BCUT2D eigenvalue weighted by Gasteiger charge is -2.42. The van der Waals surface area contributed by atoms with Crippen LogP contribution < -0.4 is 4.90 Å². The summed E-state index contributed by atoms with van der Waals surface area (Å²) in [5.41, 5.74) is 14.4. The molecule has 0 saturated carbocycles. The highest BCUT2D eigenvalue weighted by atomic mass is 15.2. The van der Waals surface area contributed by atoms with Crippen LogP contribution in [0.25, 0.3) is 61.4 Å². The highest BCUT2D eigenvalue weighted by molar-refractivity contribution is 6.11. The standard InChI is InChI=1S/C49H36N4/c1-49(2)40-23-13-15-25-45(40)53(36-20-10-5-11-21-36)47-30-39-38-22-12-14-24-44(38)52(46(39)31-41(47)49)37-28-26-35(27-29-37)48-50-42(33-16-6-3-7-17-33)32-43(51-48)34-18-8-4-9-19-34/h3-32H,1-2H3. The lowest BCUT2D eigenvalue weighted by Crippen LogP contribution is -2.30. The third-order valence-electron chi connectivity index (χ3n) is 10.8. The Kier molecular flexibility index (Phi) is 7.12. The van der Waals surface area contributed by atoms with Crippen molar-refractivity contribution in [1.82, 2.24) is 14.5 Å². The normalized spacial score (nSPS) is 13.2. The molecule has 0 aliphatic carbocycles. The molecular weight excluding hydrogens is 645 g/mol. The molecule has 9 aromatic rings. The van der Waals surface area contributed by atoms with Crippen molar-refractivity contribution in [3.8, 4) is 39.6 Å². The van der Waals surface area contributed by atoms with Gasteiger partial charge in [-0.3, -0.25) is 0 Å². The van der Waals surface area contributed by atoms with E-state index in [9.17, 15) is 0 Å². The van der Waals surface area contributed by atoms with Gasteiger partial charge >= 0.3 is 0 Å². The van der Waals surface area contributed by atoms with Crippen molar-refractivity contribution in [2.24, 2.45) is 0 Å². The van der Waals surface area contributed by atoms with Gasteiger partial charge in [0.15, 0.2) is 5.82 Å². The molecular formula is C49H36N4. The lowest BCUT2D eigenvalue weighted by molar-refractivity contribution is 0.632. The van der Waals surface area contributed by atoms with Crippen molar-refractivity contribution < 1.29 is 0 Å². The molecule has 1 aliphatic rings. The van der Waals surface area contributed by atoms with Gasteiger partial charge in [-0.25, -0.2) is 9.97 Å². The molecule has 0 amide bonds. The number of hydrogen-bond acceptors (Lipinski definition) is 3. The summed E-state index contributed by atoms with van der Waals surface area (Å²) in [6, 6.07) is 64.7. The molecule has 7 aromatic carbocycles. The van der Waals surface area contributed by atoms with Gasteiger partial charge in [-0.05, 0) is 77.9 Å². The molecule has 2 aromatic heterocycles. The smallest absolute Gasteiger partial charge is 0.160 e. The van der Waals surface area contributed by atoms with Gasteiger partial charge < -0.3 is 9.47 Å². The first-order valence-corrected chi connectivity index (χ1v) is 18.2. The van der Waals surface area contributed by atoms with E-state index in [1.807, 2.05) is 12.1 Å². The van der Waals surface area contributed by atoms with Gasteiger partial charge in [0.05, 0.1) is 33.8 Å². The van der Waals surface area contributed by atoms with E-state index in [4.69, 9.17) is 9.97 Å². The third-order valence-corrected chi connectivity index (χ3v) is 10.8. The molecule has 3 heterocycles. The SMILES string of the molecule is CC1(C)c2ccccc2N(c2ccccc2)c2cc3c4ccccc4n(-c4ccc(-c5nc(-c6ccccc6)cc(-c6ccccc6)n5)cc4)c3cc21. The first-order valence-electron chi connectivity index (χ1n) is 18.2. The first-order chi connectivity index (χ1) is 26.0. The van der Waals surface area contributed by atoms with Crippen LogP contribution in [0.3, 0.4) is 0 Å². The number of rotatable bonds is 5. The quantitative estimate of drug-likeness (QED) is 0.181. The summed E-state index contributed by atoms with van der Waals surface area (Å²) >= 11 is 0. The maximum atomic E-state index is 5.08. The largest absolute Gasteiger partial charge is 0.310 e. The Hall–Kier alpha value is -6.78. The van der Waals surface area contributed by atoms with E-state index in [0.717, 1.165) is 39.5 Å². The minimum atomic E-state index is -0.214. The second-order valence-corrected chi connectivity index (χ2v) is 14.3. The lowest BCUT2D eigenvalue weighted by atomic mass is 9.73. The summed E-state index contributed by atoms with van der Waals surface area (Å²) in [5.74, 6) is 0.703. The van der Waals surface area contributed by atoms with Gasteiger partial charge in [0, 0.05) is 44.3 Å². The Morgan fingerprint density at radius 2 is 1.00 bits per heavy atom. The van der Waals surface area contributed by atoms with Crippen LogP contribution in [0, 0.1) is 0 Å². The van der Waals surface area contributed by atoms with Gasteiger partial charge in [-0.2, -0.15) is 0 Å².